The first-order valence-corrected chi connectivity index (χ1v) is 8.28. The van der Waals surface area contributed by atoms with Gasteiger partial charge in [-0.1, -0.05) is 12.1 Å². The van der Waals surface area contributed by atoms with E-state index in [0.29, 0.717) is 12.2 Å². The Morgan fingerprint density at radius 1 is 1.25 bits per heavy atom. The lowest BCUT2D eigenvalue weighted by Gasteiger charge is -2.27. The number of benzene rings is 1. The number of ether oxygens (including phenoxy) is 1. The summed E-state index contributed by atoms with van der Waals surface area (Å²) in [6, 6.07) is 11.8. The highest BCUT2D eigenvalue weighted by Crippen LogP contribution is 2.41. The third-order valence-electron chi connectivity index (χ3n) is 4.76. The summed E-state index contributed by atoms with van der Waals surface area (Å²) in [4.78, 5) is 19.3. The Kier molecular flexibility index (Phi) is 4.41. The highest BCUT2D eigenvalue weighted by molar-refractivity contribution is 5.96. The molecule has 24 heavy (non-hydrogen) atoms. The van der Waals surface area contributed by atoms with Gasteiger partial charge in [0.15, 0.2) is 0 Å². The van der Waals surface area contributed by atoms with Crippen molar-refractivity contribution in [2.75, 3.05) is 20.8 Å². The Labute approximate surface area is 143 Å². The molecule has 1 fully saturated rings. The quantitative estimate of drug-likeness (QED) is 0.843. The van der Waals surface area contributed by atoms with E-state index < -0.39 is 0 Å². The maximum Gasteiger partial charge on any atom is 0.254 e. The van der Waals surface area contributed by atoms with Crippen LogP contribution >= 0.6 is 0 Å². The summed E-state index contributed by atoms with van der Waals surface area (Å²) < 4.78 is 5.29. The highest BCUT2D eigenvalue weighted by atomic mass is 16.5. The Morgan fingerprint density at radius 2 is 2.00 bits per heavy atom. The van der Waals surface area contributed by atoms with Crippen LogP contribution in [0.25, 0.3) is 11.3 Å². The molecule has 1 aliphatic rings. The predicted molar refractivity (Wildman–Crippen MR) is 95.1 cm³/mol. The third-order valence-corrected chi connectivity index (χ3v) is 4.76. The first kappa shape index (κ1) is 16.7. The van der Waals surface area contributed by atoms with E-state index in [2.05, 4.69) is 11.9 Å². The number of nitrogens with zero attached hydrogens (tertiary/aromatic N) is 2. The molecular weight excluding hydrogens is 300 g/mol. The molecule has 0 atom stereocenters. The van der Waals surface area contributed by atoms with Crippen molar-refractivity contribution in [3.05, 3.63) is 53.2 Å². The molecule has 0 saturated heterocycles. The second kappa shape index (κ2) is 6.36. The minimum atomic E-state index is -0.125. The average Bonchev–Trinajstić information content (AvgIpc) is 3.34. The summed E-state index contributed by atoms with van der Waals surface area (Å²) in [5, 5.41) is 0. The molecule has 0 spiro atoms. The first-order valence-electron chi connectivity index (χ1n) is 8.28. The number of rotatable bonds is 5. The maximum absolute atomic E-state index is 12.9. The van der Waals surface area contributed by atoms with Crippen molar-refractivity contribution in [3.8, 4) is 11.3 Å². The van der Waals surface area contributed by atoms with Gasteiger partial charge in [-0.15, -0.1) is 0 Å². The summed E-state index contributed by atoms with van der Waals surface area (Å²) in [5.74, 6) is 0.0378. The van der Waals surface area contributed by atoms with Crippen molar-refractivity contribution in [1.82, 2.24) is 9.88 Å². The smallest absolute Gasteiger partial charge is 0.254 e. The Balaban J connectivity index is 1.89. The van der Waals surface area contributed by atoms with Crippen LogP contribution in [0.1, 0.15) is 34.5 Å². The number of likely N-dealkylation sites (N-methyl/N-ethyl adjacent to an activating group) is 1. The van der Waals surface area contributed by atoms with Crippen molar-refractivity contribution in [1.29, 1.82) is 0 Å². The minimum Gasteiger partial charge on any atom is -0.382 e. The van der Waals surface area contributed by atoms with Gasteiger partial charge in [-0.2, -0.15) is 0 Å². The SMILES string of the molecule is COCC1(N(C)C(=O)c2cccc(-c3cc(C)cc(C)n3)c2)CC1. The molecule has 1 aromatic carbocycles. The third kappa shape index (κ3) is 3.20. The van der Waals surface area contributed by atoms with Crippen LogP contribution in [0.5, 0.6) is 0 Å². The normalized spacial score (nSPS) is 15.2. The Hall–Kier alpha value is -2.20. The number of hydrogen-bond donors (Lipinski definition) is 0. The fraction of sp³-hybridized carbons (Fsp3) is 0.400. The number of carbonyl (C=O) groups is 1. The van der Waals surface area contributed by atoms with Crippen LogP contribution in [0.3, 0.4) is 0 Å². The molecule has 0 bridgehead atoms. The van der Waals surface area contributed by atoms with Gasteiger partial charge in [-0.3, -0.25) is 9.78 Å². The molecule has 0 radical (unpaired) electrons. The molecule has 4 nitrogen and oxygen atoms in total. The van der Waals surface area contributed by atoms with Crippen LogP contribution in [0.2, 0.25) is 0 Å². The van der Waals surface area contributed by atoms with Crippen LogP contribution in [0.4, 0.5) is 0 Å². The van der Waals surface area contributed by atoms with Gasteiger partial charge in [0.25, 0.3) is 5.91 Å². The van der Waals surface area contributed by atoms with E-state index in [4.69, 9.17) is 4.74 Å². The van der Waals surface area contributed by atoms with Crippen molar-refractivity contribution in [2.24, 2.45) is 0 Å². The van der Waals surface area contributed by atoms with Gasteiger partial charge in [0, 0.05) is 31.0 Å². The number of carbonyl (C=O) groups excluding carboxylic acids is 1. The van der Waals surface area contributed by atoms with Crippen LogP contribution in [-0.2, 0) is 4.74 Å². The molecule has 0 N–H and O–H groups in total. The topological polar surface area (TPSA) is 42.4 Å². The van der Waals surface area contributed by atoms with Crippen LogP contribution in [-0.4, -0.2) is 42.1 Å². The largest absolute Gasteiger partial charge is 0.382 e. The van der Waals surface area contributed by atoms with E-state index in [9.17, 15) is 4.79 Å². The molecule has 0 aliphatic heterocycles. The Bertz CT molecular complexity index is 746. The fourth-order valence-corrected chi connectivity index (χ4v) is 3.20. The number of amides is 1. The van der Waals surface area contributed by atoms with Crippen molar-refractivity contribution >= 4 is 5.91 Å². The monoisotopic (exact) mass is 324 g/mol. The highest BCUT2D eigenvalue weighted by Gasteiger charge is 2.48. The first-order chi connectivity index (χ1) is 11.4. The zero-order chi connectivity index (χ0) is 17.3. The van der Waals surface area contributed by atoms with Gasteiger partial charge in [-0.25, -0.2) is 0 Å². The molecular formula is C20H24N2O2. The second-order valence-electron chi connectivity index (χ2n) is 6.77. The molecule has 4 heteroatoms. The summed E-state index contributed by atoms with van der Waals surface area (Å²) in [5.41, 5.74) is 4.60. The molecule has 1 heterocycles. The standard InChI is InChI=1S/C20H24N2O2/c1-14-10-15(2)21-18(11-14)16-6-5-7-17(12-16)19(23)22(3)20(8-9-20)13-24-4/h5-7,10-12H,8-9,13H2,1-4H3. The summed E-state index contributed by atoms with van der Waals surface area (Å²) >= 11 is 0. The molecule has 1 aromatic heterocycles. The van der Waals surface area contributed by atoms with Gasteiger partial charge in [0.2, 0.25) is 0 Å². The molecule has 3 rings (SSSR count). The zero-order valence-electron chi connectivity index (χ0n) is 14.8. The van der Waals surface area contributed by atoms with Gasteiger partial charge in [-0.05, 0) is 56.5 Å². The van der Waals surface area contributed by atoms with Crippen LogP contribution in [0, 0.1) is 13.8 Å². The lowest BCUT2D eigenvalue weighted by Crippen LogP contribution is -2.42. The van der Waals surface area contributed by atoms with Gasteiger partial charge < -0.3 is 9.64 Å². The van der Waals surface area contributed by atoms with Crippen LogP contribution in [0.15, 0.2) is 36.4 Å². The predicted octanol–water partition coefficient (Wildman–Crippen LogP) is 3.62. The van der Waals surface area contributed by atoms with E-state index in [0.717, 1.165) is 29.8 Å². The second-order valence-corrected chi connectivity index (χ2v) is 6.77. The van der Waals surface area contributed by atoms with Crippen LogP contribution < -0.4 is 0 Å². The average molecular weight is 324 g/mol. The molecule has 126 valence electrons. The lowest BCUT2D eigenvalue weighted by atomic mass is 10.0. The fourth-order valence-electron chi connectivity index (χ4n) is 3.20. The van der Waals surface area contributed by atoms with E-state index in [1.807, 2.05) is 55.3 Å². The van der Waals surface area contributed by atoms with Gasteiger partial charge in [0.05, 0.1) is 17.8 Å². The van der Waals surface area contributed by atoms with Gasteiger partial charge >= 0.3 is 0 Å². The van der Waals surface area contributed by atoms with E-state index >= 15 is 0 Å². The summed E-state index contributed by atoms with van der Waals surface area (Å²) in [7, 11) is 3.56. The maximum atomic E-state index is 12.9. The van der Waals surface area contributed by atoms with E-state index in [-0.39, 0.29) is 11.4 Å². The zero-order valence-corrected chi connectivity index (χ0v) is 14.8. The molecule has 1 aliphatic carbocycles. The number of aromatic nitrogens is 1. The molecule has 2 aromatic rings. The number of methoxy groups -OCH3 is 1. The number of pyridine rings is 1. The minimum absolute atomic E-state index is 0.0378. The summed E-state index contributed by atoms with van der Waals surface area (Å²) in [6.07, 6.45) is 2.00. The molecule has 1 amide bonds. The summed E-state index contributed by atoms with van der Waals surface area (Å²) in [6.45, 7) is 4.64. The molecule has 0 unspecified atom stereocenters. The Morgan fingerprint density at radius 3 is 2.62 bits per heavy atom. The van der Waals surface area contributed by atoms with Crippen molar-refractivity contribution < 1.29 is 9.53 Å². The molecule has 1 saturated carbocycles. The van der Waals surface area contributed by atoms with E-state index in [1.165, 1.54) is 5.56 Å². The number of hydrogen-bond acceptors (Lipinski definition) is 3. The van der Waals surface area contributed by atoms with Crippen molar-refractivity contribution in [3.63, 3.8) is 0 Å². The lowest BCUT2D eigenvalue weighted by molar-refractivity contribution is 0.0551. The number of aryl methyl sites for hydroxylation is 2. The van der Waals surface area contributed by atoms with Gasteiger partial charge in [0.1, 0.15) is 0 Å². The van der Waals surface area contributed by atoms with E-state index in [1.54, 1.807) is 7.11 Å². The van der Waals surface area contributed by atoms with Crippen molar-refractivity contribution in [2.45, 2.75) is 32.2 Å².